The van der Waals surface area contributed by atoms with Gasteiger partial charge in [-0.05, 0) is 45.1 Å². The summed E-state index contributed by atoms with van der Waals surface area (Å²) in [5.74, 6) is 0.888. The van der Waals surface area contributed by atoms with Crippen LogP contribution < -0.4 is 0 Å². The second-order valence-corrected chi connectivity index (χ2v) is 5.74. The van der Waals surface area contributed by atoms with E-state index in [0.29, 0.717) is 16.7 Å². The highest BCUT2D eigenvalue weighted by Crippen LogP contribution is 2.34. The SMILES string of the molecule is CN(C)CCOC1=CC[CH]C=C1c1ccc(Cl)cc1Cl. The molecule has 1 aromatic carbocycles. The molecule has 4 heteroatoms. The average Bonchev–Trinajstić information content (AvgIpc) is 2.39. The van der Waals surface area contributed by atoms with Crippen molar-refractivity contribution in [3.8, 4) is 0 Å². The Morgan fingerprint density at radius 1 is 1.25 bits per heavy atom. The van der Waals surface area contributed by atoms with Crippen LogP contribution in [0, 0.1) is 6.42 Å². The lowest BCUT2D eigenvalue weighted by Crippen LogP contribution is -2.18. The predicted molar refractivity (Wildman–Crippen MR) is 85.9 cm³/mol. The van der Waals surface area contributed by atoms with E-state index >= 15 is 0 Å². The van der Waals surface area contributed by atoms with Crippen LogP contribution in [0.5, 0.6) is 0 Å². The minimum Gasteiger partial charge on any atom is -0.492 e. The van der Waals surface area contributed by atoms with Crippen molar-refractivity contribution in [3.05, 3.63) is 58.1 Å². The summed E-state index contributed by atoms with van der Waals surface area (Å²) in [7, 11) is 4.05. The Morgan fingerprint density at radius 2 is 2.05 bits per heavy atom. The third-order valence-electron chi connectivity index (χ3n) is 3.01. The van der Waals surface area contributed by atoms with E-state index in [1.165, 1.54) is 0 Å². The normalized spacial score (nSPS) is 15.1. The molecule has 0 saturated carbocycles. The van der Waals surface area contributed by atoms with Crippen molar-refractivity contribution in [2.75, 3.05) is 27.2 Å². The molecule has 1 radical (unpaired) electrons. The summed E-state index contributed by atoms with van der Waals surface area (Å²) >= 11 is 12.2. The predicted octanol–water partition coefficient (Wildman–Crippen LogP) is 4.45. The number of halogens is 2. The highest BCUT2D eigenvalue weighted by atomic mass is 35.5. The molecule has 2 rings (SSSR count). The van der Waals surface area contributed by atoms with E-state index < -0.39 is 0 Å². The van der Waals surface area contributed by atoms with Gasteiger partial charge in [-0.15, -0.1) is 0 Å². The van der Waals surface area contributed by atoms with Gasteiger partial charge in [0.25, 0.3) is 0 Å². The first-order chi connectivity index (χ1) is 9.58. The summed E-state index contributed by atoms with van der Waals surface area (Å²) in [5, 5.41) is 1.28. The van der Waals surface area contributed by atoms with E-state index in [1.54, 1.807) is 6.07 Å². The van der Waals surface area contributed by atoms with Crippen LogP contribution in [0.4, 0.5) is 0 Å². The van der Waals surface area contributed by atoms with Gasteiger partial charge in [-0.1, -0.05) is 35.3 Å². The van der Waals surface area contributed by atoms with Crippen LogP contribution in [0.3, 0.4) is 0 Å². The second-order valence-electron chi connectivity index (χ2n) is 4.90. The number of nitrogens with zero attached hydrogens (tertiary/aromatic N) is 1. The van der Waals surface area contributed by atoms with Crippen LogP contribution in [0.1, 0.15) is 12.0 Å². The zero-order valence-corrected chi connectivity index (χ0v) is 13.2. The van der Waals surface area contributed by atoms with Gasteiger partial charge in [0, 0.05) is 27.7 Å². The molecule has 107 valence electrons. The quantitative estimate of drug-likeness (QED) is 0.797. The molecule has 1 aliphatic rings. The summed E-state index contributed by atoms with van der Waals surface area (Å²) in [5.41, 5.74) is 1.96. The van der Waals surface area contributed by atoms with Crippen LogP contribution in [-0.4, -0.2) is 32.1 Å². The highest BCUT2D eigenvalue weighted by molar-refractivity contribution is 6.35. The number of hydrogen-bond donors (Lipinski definition) is 0. The third-order valence-corrected chi connectivity index (χ3v) is 3.55. The van der Waals surface area contributed by atoms with Gasteiger partial charge in [0.05, 0.1) is 0 Å². The van der Waals surface area contributed by atoms with Crippen LogP contribution in [0.2, 0.25) is 10.0 Å². The first-order valence-electron chi connectivity index (χ1n) is 6.55. The fourth-order valence-corrected chi connectivity index (χ4v) is 2.47. The molecule has 0 saturated heterocycles. The first kappa shape index (κ1) is 15.4. The number of hydrogen-bond acceptors (Lipinski definition) is 2. The fourth-order valence-electron chi connectivity index (χ4n) is 1.96. The monoisotopic (exact) mass is 310 g/mol. The van der Waals surface area contributed by atoms with E-state index in [1.807, 2.05) is 26.2 Å². The molecule has 0 bridgehead atoms. The number of rotatable bonds is 5. The molecular weight excluding hydrogens is 293 g/mol. The van der Waals surface area contributed by atoms with Gasteiger partial charge < -0.3 is 9.64 Å². The molecule has 0 aromatic heterocycles. The molecule has 0 heterocycles. The smallest absolute Gasteiger partial charge is 0.122 e. The largest absolute Gasteiger partial charge is 0.492 e. The van der Waals surface area contributed by atoms with Gasteiger partial charge in [0.1, 0.15) is 12.4 Å². The molecule has 0 amide bonds. The van der Waals surface area contributed by atoms with Crippen LogP contribution in [-0.2, 0) is 4.74 Å². The van der Waals surface area contributed by atoms with Gasteiger partial charge in [-0.2, -0.15) is 0 Å². The first-order valence-corrected chi connectivity index (χ1v) is 7.30. The summed E-state index contributed by atoms with van der Waals surface area (Å²) in [6.07, 6.45) is 7.11. The van der Waals surface area contributed by atoms with E-state index in [9.17, 15) is 0 Å². The maximum Gasteiger partial charge on any atom is 0.122 e. The molecule has 2 nitrogen and oxygen atoms in total. The molecule has 0 spiro atoms. The molecule has 1 aliphatic carbocycles. The summed E-state index contributed by atoms with van der Waals surface area (Å²) in [6.45, 7) is 1.53. The van der Waals surface area contributed by atoms with Gasteiger partial charge in [0.15, 0.2) is 0 Å². The number of ether oxygens (including phenoxy) is 1. The van der Waals surface area contributed by atoms with E-state index in [-0.39, 0.29) is 0 Å². The van der Waals surface area contributed by atoms with E-state index in [4.69, 9.17) is 27.9 Å². The zero-order chi connectivity index (χ0) is 14.5. The lowest BCUT2D eigenvalue weighted by atomic mass is 9.97. The Hall–Kier alpha value is -0.960. The number of likely N-dealkylation sites (N-methyl/N-ethyl adjacent to an activating group) is 1. The summed E-state index contributed by atoms with van der Waals surface area (Å²) in [6, 6.07) is 5.53. The maximum atomic E-state index is 6.28. The molecule has 20 heavy (non-hydrogen) atoms. The van der Waals surface area contributed by atoms with Crippen LogP contribution >= 0.6 is 23.2 Å². The average molecular weight is 311 g/mol. The van der Waals surface area contributed by atoms with Crippen molar-refractivity contribution >= 4 is 28.8 Å². The molecule has 0 unspecified atom stereocenters. The Labute approximate surface area is 130 Å². The number of benzene rings is 1. The van der Waals surface area contributed by atoms with Crippen molar-refractivity contribution in [3.63, 3.8) is 0 Å². The van der Waals surface area contributed by atoms with Crippen molar-refractivity contribution in [1.29, 1.82) is 0 Å². The minimum atomic E-state index is 0.637. The molecule has 1 aromatic rings. The Morgan fingerprint density at radius 3 is 2.75 bits per heavy atom. The minimum absolute atomic E-state index is 0.637. The highest BCUT2D eigenvalue weighted by Gasteiger charge is 2.15. The third kappa shape index (κ3) is 4.02. The van der Waals surface area contributed by atoms with Gasteiger partial charge in [-0.25, -0.2) is 0 Å². The van der Waals surface area contributed by atoms with E-state index in [2.05, 4.69) is 23.5 Å². The Kier molecular flexibility index (Phi) is 5.53. The van der Waals surface area contributed by atoms with Crippen LogP contribution in [0.25, 0.3) is 5.57 Å². The van der Waals surface area contributed by atoms with E-state index in [0.717, 1.165) is 29.9 Å². The molecule has 0 aliphatic heterocycles. The van der Waals surface area contributed by atoms with Gasteiger partial charge in [-0.3, -0.25) is 0 Å². The lowest BCUT2D eigenvalue weighted by molar-refractivity contribution is 0.194. The maximum absolute atomic E-state index is 6.28. The number of allylic oxidation sites excluding steroid dienone is 3. The standard InChI is InChI=1S/C16H18Cl2NO/c1-19(2)9-10-20-16-6-4-3-5-14(16)13-8-7-12(17)11-15(13)18/h3,5-8,11H,4,9-10H2,1-2H3. The van der Waals surface area contributed by atoms with Crippen molar-refractivity contribution < 1.29 is 4.74 Å². The molecule has 0 fully saturated rings. The summed E-state index contributed by atoms with van der Waals surface area (Å²) in [4.78, 5) is 2.09. The van der Waals surface area contributed by atoms with Crippen molar-refractivity contribution in [2.24, 2.45) is 0 Å². The fraction of sp³-hybridized carbons (Fsp3) is 0.312. The lowest BCUT2D eigenvalue weighted by Gasteiger charge is -2.19. The van der Waals surface area contributed by atoms with Crippen LogP contribution in [0.15, 0.2) is 36.1 Å². The van der Waals surface area contributed by atoms with Crippen molar-refractivity contribution in [2.45, 2.75) is 6.42 Å². The van der Waals surface area contributed by atoms with Gasteiger partial charge >= 0.3 is 0 Å². The molecule has 0 atom stereocenters. The topological polar surface area (TPSA) is 12.5 Å². The zero-order valence-electron chi connectivity index (χ0n) is 11.7. The van der Waals surface area contributed by atoms with Crippen molar-refractivity contribution in [1.82, 2.24) is 4.90 Å². The molecule has 0 N–H and O–H groups in total. The van der Waals surface area contributed by atoms with Gasteiger partial charge in [0.2, 0.25) is 0 Å². The Bertz CT molecular complexity index is 535. The summed E-state index contributed by atoms with van der Waals surface area (Å²) < 4.78 is 5.89. The Balaban J connectivity index is 2.16. The second kappa shape index (κ2) is 7.16. The molecular formula is C16H18Cl2NO.